The van der Waals surface area contributed by atoms with Crippen LogP contribution in [0.3, 0.4) is 0 Å². The summed E-state index contributed by atoms with van der Waals surface area (Å²) in [6.45, 7) is 7.43. The first kappa shape index (κ1) is 19.5. The van der Waals surface area contributed by atoms with Crippen LogP contribution in [-0.2, 0) is 19.4 Å². The maximum atomic E-state index is 9.00. The fraction of sp³-hybridized carbons (Fsp3) is 0.458. The summed E-state index contributed by atoms with van der Waals surface area (Å²) >= 11 is 1.88. The van der Waals surface area contributed by atoms with Gasteiger partial charge in [-0.05, 0) is 54.9 Å². The lowest BCUT2D eigenvalue weighted by Gasteiger charge is -2.24. The summed E-state index contributed by atoms with van der Waals surface area (Å²) in [6, 6.07) is 10.2. The molecule has 0 spiro atoms. The van der Waals surface area contributed by atoms with Crippen LogP contribution in [-0.4, -0.2) is 41.0 Å². The molecule has 5 rings (SSSR count). The first-order valence-electron chi connectivity index (χ1n) is 10.9. The molecule has 0 amide bonds. The first-order chi connectivity index (χ1) is 14.7. The standard InChI is InChI=1S/C24H27N5S/c1-17-3-8-20-21(13-17)30-24-22(20)23(26-16-27-24)29-10-2-9-28(11-12-29)15-19-6-4-18(14-25)5-7-19/h4-7,16-17H,2-3,8-13,15H2,1H3/t17-/m0/s1. The molecule has 1 aliphatic carbocycles. The van der Waals surface area contributed by atoms with E-state index in [1.54, 1.807) is 6.33 Å². The average molecular weight is 418 g/mol. The van der Waals surface area contributed by atoms with Gasteiger partial charge in [-0.3, -0.25) is 4.90 Å². The maximum Gasteiger partial charge on any atom is 0.141 e. The van der Waals surface area contributed by atoms with Crippen LogP contribution >= 0.6 is 11.3 Å². The van der Waals surface area contributed by atoms with Gasteiger partial charge in [0.05, 0.1) is 17.0 Å². The second kappa shape index (κ2) is 8.33. The Labute approximate surface area is 182 Å². The van der Waals surface area contributed by atoms with E-state index in [9.17, 15) is 0 Å². The Bertz CT molecular complexity index is 1080. The minimum Gasteiger partial charge on any atom is -0.355 e. The number of nitrogens with zero attached hydrogens (tertiary/aromatic N) is 5. The molecule has 1 saturated heterocycles. The Morgan fingerprint density at radius 2 is 2.00 bits per heavy atom. The number of rotatable bonds is 3. The molecule has 1 aromatic carbocycles. The third-order valence-corrected chi connectivity index (χ3v) is 7.61. The van der Waals surface area contributed by atoms with Gasteiger partial charge >= 0.3 is 0 Å². The van der Waals surface area contributed by atoms with Crippen LogP contribution < -0.4 is 4.90 Å². The SMILES string of the molecule is C[C@H]1CCc2c(sc3ncnc(N4CCCN(Cc5ccc(C#N)cc5)CC4)c23)C1. The van der Waals surface area contributed by atoms with E-state index in [1.807, 2.05) is 23.5 Å². The number of aromatic nitrogens is 2. The molecule has 0 N–H and O–H groups in total. The molecule has 1 fully saturated rings. The van der Waals surface area contributed by atoms with Gasteiger partial charge in [-0.25, -0.2) is 9.97 Å². The predicted octanol–water partition coefficient (Wildman–Crippen LogP) is 4.40. The number of fused-ring (bicyclic) bond motifs is 3. The molecule has 0 bridgehead atoms. The lowest BCUT2D eigenvalue weighted by Crippen LogP contribution is -2.31. The normalized spacial score (nSPS) is 20.0. The highest BCUT2D eigenvalue weighted by molar-refractivity contribution is 7.19. The van der Waals surface area contributed by atoms with E-state index in [2.05, 4.69) is 39.9 Å². The second-order valence-electron chi connectivity index (χ2n) is 8.65. The van der Waals surface area contributed by atoms with E-state index >= 15 is 0 Å². The zero-order valence-corrected chi connectivity index (χ0v) is 18.3. The van der Waals surface area contributed by atoms with E-state index in [0.29, 0.717) is 0 Å². The van der Waals surface area contributed by atoms with E-state index < -0.39 is 0 Å². The highest BCUT2D eigenvalue weighted by atomic mass is 32.1. The monoisotopic (exact) mass is 417 g/mol. The molecule has 3 heterocycles. The average Bonchev–Trinajstić information content (AvgIpc) is 2.97. The van der Waals surface area contributed by atoms with Crippen LogP contribution in [0.1, 0.15) is 41.3 Å². The van der Waals surface area contributed by atoms with Crippen LogP contribution in [0.4, 0.5) is 5.82 Å². The van der Waals surface area contributed by atoms with Gasteiger partial charge in [0.25, 0.3) is 0 Å². The van der Waals surface area contributed by atoms with Crippen molar-refractivity contribution in [2.45, 2.75) is 39.2 Å². The van der Waals surface area contributed by atoms with Crippen molar-refractivity contribution in [3.8, 4) is 6.07 Å². The summed E-state index contributed by atoms with van der Waals surface area (Å²) in [5.41, 5.74) is 3.51. The molecule has 30 heavy (non-hydrogen) atoms. The second-order valence-corrected chi connectivity index (χ2v) is 9.74. The zero-order valence-electron chi connectivity index (χ0n) is 17.5. The number of anilines is 1. The fourth-order valence-corrected chi connectivity index (χ4v) is 6.13. The van der Waals surface area contributed by atoms with Crippen molar-refractivity contribution in [3.63, 3.8) is 0 Å². The molecule has 5 nitrogen and oxygen atoms in total. The maximum absolute atomic E-state index is 9.00. The Hall–Kier alpha value is -2.49. The zero-order chi connectivity index (χ0) is 20.5. The van der Waals surface area contributed by atoms with Gasteiger partial charge in [-0.2, -0.15) is 5.26 Å². The van der Waals surface area contributed by atoms with Crippen LogP contribution in [0.2, 0.25) is 0 Å². The topological polar surface area (TPSA) is 56.1 Å². The van der Waals surface area contributed by atoms with Crippen molar-refractivity contribution in [3.05, 3.63) is 52.2 Å². The number of hydrogen-bond donors (Lipinski definition) is 0. The van der Waals surface area contributed by atoms with Crippen molar-refractivity contribution in [2.24, 2.45) is 5.92 Å². The van der Waals surface area contributed by atoms with E-state index in [0.717, 1.165) is 67.7 Å². The van der Waals surface area contributed by atoms with Crippen LogP contribution in [0.5, 0.6) is 0 Å². The molecular weight excluding hydrogens is 390 g/mol. The van der Waals surface area contributed by atoms with Crippen molar-refractivity contribution in [2.75, 3.05) is 31.1 Å². The number of benzene rings is 1. The van der Waals surface area contributed by atoms with Gasteiger partial charge in [-0.1, -0.05) is 19.1 Å². The highest BCUT2D eigenvalue weighted by Gasteiger charge is 2.25. The first-order valence-corrected chi connectivity index (χ1v) is 11.7. The van der Waals surface area contributed by atoms with Gasteiger partial charge < -0.3 is 4.90 Å². The molecule has 0 unspecified atom stereocenters. The number of aryl methyl sites for hydroxylation is 1. The summed E-state index contributed by atoms with van der Waals surface area (Å²) in [5.74, 6) is 1.92. The van der Waals surface area contributed by atoms with Crippen molar-refractivity contribution < 1.29 is 0 Å². The number of hydrogen-bond acceptors (Lipinski definition) is 6. The minimum atomic E-state index is 0.724. The van der Waals surface area contributed by atoms with Crippen molar-refractivity contribution in [1.82, 2.24) is 14.9 Å². The minimum absolute atomic E-state index is 0.724. The molecule has 2 aliphatic rings. The predicted molar refractivity (Wildman–Crippen MR) is 122 cm³/mol. The summed E-state index contributed by atoms with van der Waals surface area (Å²) in [7, 11) is 0. The smallest absolute Gasteiger partial charge is 0.141 e. The molecule has 0 saturated carbocycles. The third-order valence-electron chi connectivity index (χ3n) is 6.45. The largest absolute Gasteiger partial charge is 0.355 e. The quantitative estimate of drug-likeness (QED) is 0.632. The summed E-state index contributed by atoms with van der Waals surface area (Å²) in [4.78, 5) is 17.1. The number of thiophene rings is 1. The Morgan fingerprint density at radius 1 is 1.13 bits per heavy atom. The van der Waals surface area contributed by atoms with Gasteiger partial charge in [0.1, 0.15) is 17.0 Å². The molecule has 2 aromatic heterocycles. The molecule has 154 valence electrons. The Balaban J connectivity index is 1.34. The highest BCUT2D eigenvalue weighted by Crippen LogP contribution is 2.40. The van der Waals surface area contributed by atoms with Crippen molar-refractivity contribution in [1.29, 1.82) is 5.26 Å². The summed E-state index contributed by atoms with van der Waals surface area (Å²) < 4.78 is 0. The van der Waals surface area contributed by atoms with E-state index in [4.69, 9.17) is 10.2 Å². The van der Waals surface area contributed by atoms with Crippen molar-refractivity contribution >= 4 is 27.4 Å². The molecule has 6 heteroatoms. The summed E-state index contributed by atoms with van der Waals surface area (Å²) in [6.07, 6.45) is 6.50. The van der Waals surface area contributed by atoms with Gasteiger partial charge in [0.2, 0.25) is 0 Å². The molecule has 1 atom stereocenters. The van der Waals surface area contributed by atoms with Gasteiger partial charge in [-0.15, -0.1) is 11.3 Å². The molecule has 0 radical (unpaired) electrons. The van der Waals surface area contributed by atoms with Gasteiger partial charge in [0, 0.05) is 37.6 Å². The van der Waals surface area contributed by atoms with E-state index in [-0.39, 0.29) is 0 Å². The fourth-order valence-electron chi connectivity index (χ4n) is 4.78. The summed E-state index contributed by atoms with van der Waals surface area (Å²) in [5, 5.41) is 10.3. The molecular formula is C24H27N5S. The third kappa shape index (κ3) is 3.80. The van der Waals surface area contributed by atoms with Crippen LogP contribution in [0, 0.1) is 17.2 Å². The lowest BCUT2D eigenvalue weighted by molar-refractivity contribution is 0.285. The Kier molecular flexibility index (Phi) is 5.41. The van der Waals surface area contributed by atoms with Crippen LogP contribution in [0.15, 0.2) is 30.6 Å². The lowest BCUT2D eigenvalue weighted by atomic mass is 9.89. The Morgan fingerprint density at radius 3 is 2.83 bits per heavy atom. The van der Waals surface area contributed by atoms with Crippen LogP contribution in [0.25, 0.3) is 10.2 Å². The van der Waals surface area contributed by atoms with Gasteiger partial charge in [0.15, 0.2) is 0 Å². The molecule has 1 aliphatic heterocycles. The number of nitriles is 1. The van der Waals surface area contributed by atoms with E-state index in [1.165, 1.54) is 34.2 Å². The molecule has 3 aromatic rings.